The molecule has 5 heteroatoms. The van der Waals surface area contributed by atoms with Crippen molar-refractivity contribution in [2.75, 3.05) is 26.7 Å². The molecule has 0 aliphatic heterocycles. The van der Waals surface area contributed by atoms with Crippen LogP contribution in [0.1, 0.15) is 61.2 Å². The number of rotatable bonds is 21. The maximum Gasteiger partial charge on any atom is 0.119 e. The fourth-order valence-corrected chi connectivity index (χ4v) is 18.9. The van der Waals surface area contributed by atoms with Crippen LogP contribution in [-0.4, -0.2) is 7.11 Å². The number of nitrogens with zero attached hydrogens (tertiary/aromatic N) is 4. The van der Waals surface area contributed by atoms with E-state index in [1.165, 1.54) is 142 Å². The molecule has 694 valence electrons. The van der Waals surface area contributed by atoms with E-state index >= 15 is 0 Å². The molecule has 0 atom stereocenters. The molecule has 0 aliphatic rings. The molecule has 0 radical (unpaired) electrons. The number of benzene rings is 24. The molecule has 5 nitrogen and oxygen atoms in total. The van der Waals surface area contributed by atoms with Gasteiger partial charge in [-0.25, -0.2) is 0 Å². The average molecular weight is 1860 g/mol. The Morgan fingerprint density at radius 2 is 0.276 bits per heavy atom. The fraction of sp³-hybridized carbons (Fsp3) is 0.0286. The minimum Gasteiger partial charge on any atom is -0.497 e. The highest BCUT2D eigenvalue weighted by molar-refractivity contribution is 6.04. The third kappa shape index (κ3) is 22.5. The number of methoxy groups -OCH3 is 1. The summed E-state index contributed by atoms with van der Waals surface area (Å²) in [5.74, 6) is 0.846. The van der Waals surface area contributed by atoms with Crippen molar-refractivity contribution < 1.29 is 4.74 Å². The van der Waals surface area contributed by atoms with Crippen LogP contribution in [0, 0.1) is 20.8 Å². The van der Waals surface area contributed by atoms with Gasteiger partial charge in [0, 0.05) is 68.2 Å². The number of ether oxygens (including phenoxy) is 1. The van der Waals surface area contributed by atoms with Crippen molar-refractivity contribution in [3.8, 4) is 5.75 Å². The minimum atomic E-state index is 0.846. The maximum absolute atomic E-state index is 5.36. The number of aryl methyl sites for hydroxylation is 3. The van der Waals surface area contributed by atoms with Crippen molar-refractivity contribution >= 4 is 203 Å². The predicted molar refractivity (Wildman–Crippen MR) is 627 cm³/mol. The molecule has 0 heterocycles. The van der Waals surface area contributed by atoms with E-state index in [1.54, 1.807) is 7.11 Å². The van der Waals surface area contributed by atoms with Gasteiger partial charge in [-0.15, -0.1) is 0 Å². The Morgan fingerprint density at radius 1 is 0.131 bits per heavy atom. The smallest absolute Gasteiger partial charge is 0.119 e. The molecule has 0 amide bonds. The monoisotopic (exact) mass is 1860 g/mol. The molecule has 0 saturated heterocycles. The van der Waals surface area contributed by atoms with Crippen molar-refractivity contribution in [1.82, 2.24) is 0 Å². The molecule has 0 fully saturated rings. The standard InChI is InChI=1S/C36H29N.C35H27NO.C35H27N.C34H25N/c1-26-7-17-34(18-8-26)37(35-19-9-27(2)10-20-35)36-21-14-28(15-22-36)11-12-29-13-16-32-24-30-5-3-4-6-31(30)25-33(32)23-29;1-37-35-21-19-34(20-22-35)36(32-9-3-2-4-10-32)33-17-14-26(15-18-33)11-12-27-13-16-30-24-28-7-5-6-8-29(28)25-31(30)23-27;1-26-11-19-34(20-12-26)36(33-9-3-2-4-10-33)35-21-16-27(17-22-35)13-14-28-15-18-31-24-29-7-5-6-8-30(29)25-32(31)23-28;1-3-11-32(12-4-1)35(33-13-5-2-6-14-33)34-21-18-26(19-22-34)15-16-27-17-20-30-24-28-9-7-8-10-29(28)25-31(30)23-27/h3-25H,1-2H3;2-25H,1H3;2-25H,1H3;1-25H. The lowest BCUT2D eigenvalue weighted by molar-refractivity contribution is 0.415. The van der Waals surface area contributed by atoms with Crippen LogP contribution in [0.15, 0.2) is 534 Å². The summed E-state index contributed by atoms with van der Waals surface area (Å²) >= 11 is 0. The van der Waals surface area contributed by atoms with Gasteiger partial charge in [0.2, 0.25) is 0 Å². The molecule has 0 bridgehead atoms. The second-order valence-electron chi connectivity index (χ2n) is 36.8. The third-order valence-electron chi connectivity index (χ3n) is 26.7. The maximum atomic E-state index is 5.36. The summed E-state index contributed by atoms with van der Waals surface area (Å²) in [5, 5.41) is 20.4. The molecular weight excluding hydrogens is 1750 g/mol. The highest BCUT2D eigenvalue weighted by Gasteiger charge is 2.19. The van der Waals surface area contributed by atoms with Crippen LogP contribution < -0.4 is 24.3 Å². The summed E-state index contributed by atoms with van der Waals surface area (Å²) in [6, 6.07) is 190. The van der Waals surface area contributed by atoms with Gasteiger partial charge in [0.05, 0.1) is 7.11 Å². The van der Waals surface area contributed by atoms with E-state index in [9.17, 15) is 0 Å². The molecule has 0 N–H and O–H groups in total. The number of fused-ring (bicyclic) bond motifs is 8. The van der Waals surface area contributed by atoms with Crippen LogP contribution in [0.5, 0.6) is 5.75 Å². The van der Waals surface area contributed by atoms with Gasteiger partial charge in [-0.2, -0.15) is 0 Å². The van der Waals surface area contributed by atoms with Crippen LogP contribution in [0.4, 0.5) is 68.2 Å². The van der Waals surface area contributed by atoms with Crippen LogP contribution >= 0.6 is 0 Å². The van der Waals surface area contributed by atoms with Gasteiger partial charge in [-0.3, -0.25) is 0 Å². The first-order valence-electron chi connectivity index (χ1n) is 49.5. The Kier molecular flexibility index (Phi) is 28.0. The molecule has 24 aromatic carbocycles. The van der Waals surface area contributed by atoms with Crippen molar-refractivity contribution in [2.24, 2.45) is 0 Å². The third-order valence-corrected chi connectivity index (χ3v) is 26.7. The van der Waals surface area contributed by atoms with E-state index in [0.717, 1.165) is 79.6 Å². The van der Waals surface area contributed by atoms with Crippen molar-refractivity contribution in [1.29, 1.82) is 0 Å². The van der Waals surface area contributed by atoms with Gasteiger partial charge in [0.1, 0.15) is 5.75 Å². The predicted octanol–water partition coefficient (Wildman–Crippen LogP) is 39.5. The lowest BCUT2D eigenvalue weighted by atomic mass is 10.0. The van der Waals surface area contributed by atoms with Gasteiger partial charge >= 0.3 is 0 Å². The number of para-hydroxylation sites is 4. The first-order chi connectivity index (χ1) is 71.4. The Hall–Kier alpha value is -18.7. The van der Waals surface area contributed by atoms with E-state index < -0.39 is 0 Å². The first-order valence-corrected chi connectivity index (χ1v) is 49.5. The zero-order valence-electron chi connectivity index (χ0n) is 81.6. The van der Waals surface area contributed by atoms with Gasteiger partial charge in [-0.1, -0.05) is 369 Å². The highest BCUT2D eigenvalue weighted by atomic mass is 16.5. The zero-order chi connectivity index (χ0) is 98.0. The Morgan fingerprint density at radius 3 is 0.469 bits per heavy atom. The van der Waals surface area contributed by atoms with Crippen LogP contribution in [0.25, 0.3) is 135 Å². The van der Waals surface area contributed by atoms with Gasteiger partial charge in [0.15, 0.2) is 0 Å². The molecule has 24 aromatic rings. The fourth-order valence-electron chi connectivity index (χ4n) is 18.9. The normalized spacial score (nSPS) is 11.3. The SMILES string of the molecule is C(=Cc1ccc2cc3ccccc3cc2c1)c1ccc(N(c2ccccc2)c2ccccc2)cc1.COc1ccc(N(c2ccccc2)c2ccc(C=Cc3ccc4cc5ccccc5cc4c3)cc2)cc1.Cc1ccc(N(c2ccc(C)cc2)c2ccc(C=Cc3ccc4cc5ccccc5cc4c3)cc2)cc1.Cc1ccc(N(c2ccccc2)c2ccc(C=Cc3ccc4cc5ccccc5cc4c3)cc2)cc1. The van der Waals surface area contributed by atoms with Crippen molar-refractivity contribution in [3.05, 3.63) is 595 Å². The summed E-state index contributed by atoms with van der Waals surface area (Å²) in [6.45, 7) is 6.37. The van der Waals surface area contributed by atoms with E-state index in [-0.39, 0.29) is 0 Å². The van der Waals surface area contributed by atoms with E-state index in [2.05, 4.69) is 605 Å². The molecule has 0 aromatic heterocycles. The molecule has 0 saturated carbocycles. The Balaban J connectivity index is 0.000000114. The van der Waals surface area contributed by atoms with Crippen LogP contribution in [-0.2, 0) is 0 Å². The zero-order valence-corrected chi connectivity index (χ0v) is 81.6. The van der Waals surface area contributed by atoms with Crippen LogP contribution in [0.3, 0.4) is 0 Å². The summed E-state index contributed by atoms with van der Waals surface area (Å²) in [6.07, 6.45) is 17.5. The van der Waals surface area contributed by atoms with Gasteiger partial charge in [-0.05, 0) is 382 Å². The van der Waals surface area contributed by atoms with E-state index in [4.69, 9.17) is 4.74 Å². The van der Waals surface area contributed by atoms with E-state index in [1.807, 2.05) is 18.2 Å². The number of hydrogen-bond acceptors (Lipinski definition) is 5. The highest BCUT2D eigenvalue weighted by Crippen LogP contribution is 2.42. The summed E-state index contributed by atoms with van der Waals surface area (Å²) in [7, 11) is 1.69. The summed E-state index contributed by atoms with van der Waals surface area (Å²) in [4.78, 5) is 9.13. The average Bonchev–Trinajstić information content (AvgIpc) is 0.797. The minimum absolute atomic E-state index is 0.846. The first kappa shape index (κ1) is 92.7. The summed E-state index contributed by atoms with van der Waals surface area (Å²) in [5.41, 5.74) is 26.9. The topological polar surface area (TPSA) is 22.2 Å². The van der Waals surface area contributed by atoms with E-state index in [0.29, 0.717) is 0 Å². The molecule has 24 rings (SSSR count). The van der Waals surface area contributed by atoms with Crippen LogP contribution in [0.2, 0.25) is 0 Å². The second-order valence-corrected chi connectivity index (χ2v) is 36.8. The van der Waals surface area contributed by atoms with Crippen molar-refractivity contribution in [3.63, 3.8) is 0 Å². The molecule has 0 spiro atoms. The molecule has 0 aliphatic carbocycles. The van der Waals surface area contributed by atoms with Gasteiger partial charge in [0.25, 0.3) is 0 Å². The van der Waals surface area contributed by atoms with Gasteiger partial charge < -0.3 is 24.3 Å². The molecule has 145 heavy (non-hydrogen) atoms. The van der Waals surface area contributed by atoms with Crippen molar-refractivity contribution in [2.45, 2.75) is 20.8 Å². The number of hydrogen-bond donors (Lipinski definition) is 0. The molecular formula is C140H108N4O. The largest absolute Gasteiger partial charge is 0.497 e. The second kappa shape index (κ2) is 43.8. The molecule has 0 unspecified atom stereocenters. The summed E-state index contributed by atoms with van der Waals surface area (Å²) < 4.78 is 5.36. The lowest BCUT2D eigenvalue weighted by Crippen LogP contribution is -2.09. The Labute approximate surface area is 850 Å². The Bertz CT molecular complexity index is 8650. The number of anilines is 12. The quantitative estimate of drug-likeness (QED) is 0.0527. The lowest BCUT2D eigenvalue weighted by Gasteiger charge is -2.25.